The van der Waals surface area contributed by atoms with E-state index in [9.17, 15) is 18.0 Å². The molecule has 0 bridgehead atoms. The molecule has 1 rings (SSSR count). The van der Waals surface area contributed by atoms with Crippen molar-refractivity contribution >= 4 is 17.2 Å². The number of nitrogens with one attached hydrogen (secondary N) is 1. The minimum absolute atomic E-state index is 0.193. The van der Waals surface area contributed by atoms with Gasteiger partial charge >= 0.3 is 6.18 Å². The summed E-state index contributed by atoms with van der Waals surface area (Å²) in [6.07, 6.45) is -0.728. The van der Waals surface area contributed by atoms with Gasteiger partial charge in [-0.1, -0.05) is 13.3 Å². The summed E-state index contributed by atoms with van der Waals surface area (Å²) in [6, 6.07) is 0. The molecule has 0 saturated carbocycles. The molecule has 8 heteroatoms. The summed E-state index contributed by atoms with van der Waals surface area (Å²) in [6.45, 7) is 3.60. The van der Waals surface area contributed by atoms with Crippen LogP contribution < -0.4 is 5.32 Å². The van der Waals surface area contributed by atoms with Crippen molar-refractivity contribution in [1.82, 2.24) is 15.2 Å². The smallest absolute Gasteiger partial charge is 0.351 e. The van der Waals surface area contributed by atoms with E-state index in [4.69, 9.17) is 0 Å². The quantitative estimate of drug-likeness (QED) is 0.694. The Kier molecular flexibility index (Phi) is 7.98. The van der Waals surface area contributed by atoms with Gasteiger partial charge in [-0.15, -0.1) is 11.3 Å². The highest BCUT2D eigenvalue weighted by Crippen LogP contribution is 2.19. The van der Waals surface area contributed by atoms with Crippen molar-refractivity contribution in [2.24, 2.45) is 0 Å². The third kappa shape index (κ3) is 7.78. The monoisotopic (exact) mass is 351 g/mol. The number of amides is 1. The molecule has 0 aliphatic heterocycles. The van der Waals surface area contributed by atoms with Crippen LogP contribution in [0.5, 0.6) is 0 Å². The summed E-state index contributed by atoms with van der Waals surface area (Å²) in [5.41, 5.74) is 0.716. The predicted molar refractivity (Wildman–Crippen MR) is 86.0 cm³/mol. The van der Waals surface area contributed by atoms with Gasteiger partial charge in [0.1, 0.15) is 4.88 Å². The van der Waals surface area contributed by atoms with E-state index >= 15 is 0 Å². The predicted octanol–water partition coefficient (Wildman–Crippen LogP) is 3.41. The van der Waals surface area contributed by atoms with Crippen molar-refractivity contribution in [1.29, 1.82) is 0 Å². The van der Waals surface area contributed by atoms with Gasteiger partial charge in [-0.25, -0.2) is 4.98 Å². The topological polar surface area (TPSA) is 45.2 Å². The van der Waals surface area contributed by atoms with Crippen molar-refractivity contribution in [3.05, 3.63) is 15.6 Å². The highest BCUT2D eigenvalue weighted by Gasteiger charge is 2.28. The minimum atomic E-state index is -4.19. The molecule has 1 N–H and O–H groups in total. The number of carbonyl (C=O) groups is 1. The average Bonchev–Trinajstić information content (AvgIpc) is 2.80. The molecule has 0 spiro atoms. The maximum atomic E-state index is 12.2. The van der Waals surface area contributed by atoms with E-state index < -0.39 is 12.7 Å². The second-order valence-electron chi connectivity index (χ2n) is 5.59. The van der Waals surface area contributed by atoms with Crippen LogP contribution in [0.1, 0.15) is 46.6 Å². The van der Waals surface area contributed by atoms with Gasteiger partial charge in [0.25, 0.3) is 5.91 Å². The van der Waals surface area contributed by atoms with Crippen LogP contribution in [0.4, 0.5) is 13.2 Å². The largest absolute Gasteiger partial charge is 0.401 e. The number of hydrogen-bond donors (Lipinski definition) is 1. The molecular formula is C15H24F3N3OS. The van der Waals surface area contributed by atoms with E-state index in [0.717, 1.165) is 24.3 Å². The Morgan fingerprint density at radius 3 is 2.65 bits per heavy atom. The SMILES string of the molecule is CCCCc1nc(C)c(C(=O)NCCCN(C)CC(F)(F)F)s1. The van der Waals surface area contributed by atoms with Crippen LogP contribution in [-0.4, -0.2) is 48.6 Å². The molecule has 0 radical (unpaired) electrons. The van der Waals surface area contributed by atoms with Crippen molar-refractivity contribution in [2.45, 2.75) is 45.7 Å². The van der Waals surface area contributed by atoms with E-state index in [0.29, 0.717) is 23.5 Å². The molecule has 0 aliphatic rings. The lowest BCUT2D eigenvalue weighted by molar-refractivity contribution is -0.143. The summed E-state index contributed by atoms with van der Waals surface area (Å²) in [5, 5.41) is 3.71. The van der Waals surface area contributed by atoms with Gasteiger partial charge in [0.05, 0.1) is 17.2 Å². The molecule has 1 aromatic heterocycles. The van der Waals surface area contributed by atoms with E-state index in [1.165, 1.54) is 23.3 Å². The van der Waals surface area contributed by atoms with Crippen molar-refractivity contribution in [2.75, 3.05) is 26.7 Å². The molecule has 0 atom stereocenters. The number of aryl methyl sites for hydroxylation is 2. The Morgan fingerprint density at radius 1 is 1.35 bits per heavy atom. The number of alkyl halides is 3. The van der Waals surface area contributed by atoms with Crippen LogP contribution >= 0.6 is 11.3 Å². The van der Waals surface area contributed by atoms with Crippen LogP contribution in [0.25, 0.3) is 0 Å². The zero-order valence-electron chi connectivity index (χ0n) is 13.8. The molecule has 1 heterocycles. The number of aromatic nitrogens is 1. The Morgan fingerprint density at radius 2 is 2.04 bits per heavy atom. The van der Waals surface area contributed by atoms with Gasteiger partial charge in [0.2, 0.25) is 0 Å². The fraction of sp³-hybridized carbons (Fsp3) is 0.733. The van der Waals surface area contributed by atoms with Crippen LogP contribution in [-0.2, 0) is 6.42 Å². The number of unbranched alkanes of at least 4 members (excludes halogenated alkanes) is 1. The number of halogens is 3. The standard InChI is InChI=1S/C15H24F3N3OS/c1-4-5-7-12-20-11(2)13(23-12)14(22)19-8-6-9-21(3)10-15(16,17)18/h4-10H2,1-3H3,(H,19,22). The Balaban J connectivity index is 2.35. The van der Waals surface area contributed by atoms with E-state index in [2.05, 4.69) is 17.2 Å². The molecule has 23 heavy (non-hydrogen) atoms. The summed E-state index contributed by atoms with van der Waals surface area (Å²) >= 11 is 1.40. The fourth-order valence-corrected chi connectivity index (χ4v) is 3.14. The molecule has 1 amide bonds. The van der Waals surface area contributed by atoms with Crippen LogP contribution in [0.15, 0.2) is 0 Å². The Hall–Kier alpha value is -1.15. The van der Waals surface area contributed by atoms with Crippen molar-refractivity contribution in [3.63, 3.8) is 0 Å². The first-order chi connectivity index (χ1) is 10.7. The maximum Gasteiger partial charge on any atom is 0.401 e. The Bertz CT molecular complexity index is 503. The zero-order valence-corrected chi connectivity index (χ0v) is 14.6. The minimum Gasteiger partial charge on any atom is -0.351 e. The number of hydrogen-bond acceptors (Lipinski definition) is 4. The van der Waals surface area contributed by atoms with Gasteiger partial charge in [0.15, 0.2) is 0 Å². The molecule has 0 unspecified atom stereocenters. The van der Waals surface area contributed by atoms with Gasteiger partial charge in [-0.3, -0.25) is 9.69 Å². The van der Waals surface area contributed by atoms with Crippen LogP contribution in [0, 0.1) is 6.92 Å². The molecule has 132 valence electrons. The molecular weight excluding hydrogens is 327 g/mol. The third-order valence-electron chi connectivity index (χ3n) is 3.24. The van der Waals surface area contributed by atoms with E-state index in [1.54, 1.807) is 6.92 Å². The van der Waals surface area contributed by atoms with E-state index in [1.807, 2.05) is 0 Å². The Labute approximate surface area is 139 Å². The molecule has 1 aromatic rings. The molecule has 0 saturated heterocycles. The second kappa shape index (κ2) is 9.22. The fourth-order valence-electron chi connectivity index (χ4n) is 2.11. The van der Waals surface area contributed by atoms with Gasteiger partial charge in [-0.2, -0.15) is 13.2 Å². The zero-order chi connectivity index (χ0) is 17.5. The normalized spacial score (nSPS) is 12.0. The molecule has 4 nitrogen and oxygen atoms in total. The summed E-state index contributed by atoms with van der Waals surface area (Å²) in [5.74, 6) is -0.193. The lowest BCUT2D eigenvalue weighted by atomic mass is 10.3. The highest BCUT2D eigenvalue weighted by atomic mass is 32.1. The summed E-state index contributed by atoms with van der Waals surface area (Å²) < 4.78 is 36.5. The van der Waals surface area contributed by atoms with Crippen molar-refractivity contribution in [3.8, 4) is 0 Å². The molecule has 0 aliphatic carbocycles. The van der Waals surface area contributed by atoms with Gasteiger partial charge in [0, 0.05) is 6.54 Å². The molecule has 0 aromatic carbocycles. The highest BCUT2D eigenvalue weighted by molar-refractivity contribution is 7.13. The number of carbonyl (C=O) groups excluding carboxylic acids is 1. The van der Waals surface area contributed by atoms with E-state index in [-0.39, 0.29) is 12.5 Å². The summed E-state index contributed by atoms with van der Waals surface area (Å²) in [7, 11) is 1.42. The van der Waals surface area contributed by atoms with Gasteiger partial charge < -0.3 is 5.32 Å². The first-order valence-corrected chi connectivity index (χ1v) is 8.54. The molecule has 0 fully saturated rings. The van der Waals surface area contributed by atoms with Gasteiger partial charge in [-0.05, 0) is 39.8 Å². The van der Waals surface area contributed by atoms with Crippen LogP contribution in [0.2, 0.25) is 0 Å². The third-order valence-corrected chi connectivity index (χ3v) is 4.46. The number of rotatable bonds is 9. The average molecular weight is 351 g/mol. The lowest BCUT2D eigenvalue weighted by Gasteiger charge is -2.18. The first kappa shape index (κ1) is 19.9. The van der Waals surface area contributed by atoms with Crippen LogP contribution in [0.3, 0.4) is 0 Å². The first-order valence-electron chi connectivity index (χ1n) is 7.72. The number of thiazole rings is 1. The maximum absolute atomic E-state index is 12.2. The second-order valence-corrected chi connectivity index (χ2v) is 6.67. The lowest BCUT2D eigenvalue weighted by Crippen LogP contribution is -2.33. The number of nitrogens with zero attached hydrogens (tertiary/aromatic N) is 2. The summed E-state index contributed by atoms with van der Waals surface area (Å²) in [4.78, 5) is 18.3. The van der Waals surface area contributed by atoms with Crippen molar-refractivity contribution < 1.29 is 18.0 Å².